The molecule has 0 saturated heterocycles. The summed E-state index contributed by atoms with van der Waals surface area (Å²) in [5.74, 6) is -3.61. The van der Waals surface area contributed by atoms with Crippen LogP contribution >= 0.6 is 0 Å². The van der Waals surface area contributed by atoms with Crippen LogP contribution in [0.3, 0.4) is 0 Å². The predicted molar refractivity (Wildman–Crippen MR) is 80.3 cm³/mol. The van der Waals surface area contributed by atoms with Crippen LogP contribution in [0.25, 0.3) is 0 Å². The van der Waals surface area contributed by atoms with E-state index in [9.17, 15) is 27.6 Å². The van der Waals surface area contributed by atoms with E-state index in [0.29, 0.717) is 25.8 Å². The third kappa shape index (κ3) is 20.2. The first-order valence-corrected chi connectivity index (χ1v) is 7.60. The minimum Gasteiger partial charge on any atom is -0.481 e. The average molecular weight is 358 g/mol. The van der Waals surface area contributed by atoms with Gasteiger partial charge in [0.15, 0.2) is 0 Å². The number of carbonyl (C=O) groups excluding carboxylic acids is 1. The number of nitrogens with two attached hydrogens (primary N) is 1. The van der Waals surface area contributed by atoms with Gasteiger partial charge >= 0.3 is 24.0 Å². The van der Waals surface area contributed by atoms with Gasteiger partial charge in [-0.05, 0) is 32.2 Å². The predicted octanol–water partition coefficient (Wildman–Crippen LogP) is 1.90. The van der Waals surface area contributed by atoms with Gasteiger partial charge in [-0.15, -0.1) is 0 Å². The Bertz CT molecular complexity index is 376. The molecule has 0 radical (unpaired) electrons. The van der Waals surface area contributed by atoms with Crippen LogP contribution in [-0.4, -0.2) is 47.3 Å². The molecule has 0 heterocycles. The molecule has 0 bridgehead atoms. The first-order valence-electron chi connectivity index (χ1n) is 7.60. The number of carboxylic acid groups (broad SMARTS) is 2. The summed E-state index contributed by atoms with van der Waals surface area (Å²) >= 11 is 0. The van der Waals surface area contributed by atoms with Crippen molar-refractivity contribution in [2.75, 3.05) is 13.1 Å². The zero-order chi connectivity index (χ0) is 19.0. The molecule has 0 saturated carbocycles. The number of carbonyl (C=O) groups is 3. The van der Waals surface area contributed by atoms with Gasteiger partial charge in [0.2, 0.25) is 0 Å². The largest absolute Gasteiger partial charge is 0.481 e. The summed E-state index contributed by atoms with van der Waals surface area (Å²) in [7, 11) is 0. The molecule has 0 aliphatic rings. The lowest BCUT2D eigenvalue weighted by Crippen LogP contribution is -2.37. The van der Waals surface area contributed by atoms with Crippen LogP contribution in [0.4, 0.5) is 13.2 Å². The number of unbranched alkanes of at least 4 members (excludes halogenated alkanes) is 4. The quantitative estimate of drug-likeness (QED) is 0.417. The third-order valence-corrected chi connectivity index (χ3v) is 2.71. The SMILES string of the molecule is NCCCCCC(=O)O.O=C(O)CCCCCNC(=O)C(F)(F)F. The standard InChI is InChI=1S/C8H12F3NO3.C6H13NO2/c9-8(10,11)7(15)12-5-3-1-2-4-6(13)14;7-5-3-1-2-4-6(8)9/h1-5H2,(H,12,15)(H,13,14);1-5,7H2,(H,8,9). The zero-order valence-electron chi connectivity index (χ0n) is 13.4. The lowest BCUT2D eigenvalue weighted by molar-refractivity contribution is -0.173. The zero-order valence-corrected chi connectivity index (χ0v) is 13.4. The van der Waals surface area contributed by atoms with Crippen LogP contribution in [0, 0.1) is 0 Å². The van der Waals surface area contributed by atoms with E-state index in [1.165, 1.54) is 0 Å². The molecule has 0 aromatic heterocycles. The summed E-state index contributed by atoms with van der Waals surface area (Å²) in [6.45, 7) is 0.581. The third-order valence-electron chi connectivity index (χ3n) is 2.71. The van der Waals surface area contributed by atoms with Gasteiger partial charge in [-0.2, -0.15) is 13.2 Å². The van der Waals surface area contributed by atoms with Crippen molar-refractivity contribution in [3.63, 3.8) is 0 Å². The van der Waals surface area contributed by atoms with Crippen LogP contribution < -0.4 is 11.1 Å². The van der Waals surface area contributed by atoms with E-state index in [1.807, 2.05) is 0 Å². The van der Waals surface area contributed by atoms with E-state index in [0.717, 1.165) is 19.3 Å². The van der Waals surface area contributed by atoms with Crippen LogP contribution in [0.5, 0.6) is 0 Å². The lowest BCUT2D eigenvalue weighted by Gasteiger charge is -2.06. The molecule has 5 N–H and O–H groups in total. The van der Waals surface area contributed by atoms with Gasteiger partial charge in [-0.1, -0.05) is 12.8 Å². The van der Waals surface area contributed by atoms with Crippen molar-refractivity contribution in [2.24, 2.45) is 5.73 Å². The summed E-state index contributed by atoms with van der Waals surface area (Å²) in [6.07, 6.45) is -0.729. The molecule has 0 atom stereocenters. The Morgan fingerprint density at radius 3 is 1.67 bits per heavy atom. The lowest BCUT2D eigenvalue weighted by atomic mass is 10.2. The van der Waals surface area contributed by atoms with E-state index < -0.39 is 24.0 Å². The van der Waals surface area contributed by atoms with Crippen molar-refractivity contribution in [3.8, 4) is 0 Å². The average Bonchev–Trinajstić information content (AvgIpc) is 2.46. The number of amides is 1. The van der Waals surface area contributed by atoms with Gasteiger partial charge < -0.3 is 21.3 Å². The molecule has 1 amide bonds. The molecular weight excluding hydrogens is 333 g/mol. The van der Waals surface area contributed by atoms with E-state index in [4.69, 9.17) is 15.9 Å². The molecule has 0 aromatic carbocycles. The monoisotopic (exact) mass is 358 g/mol. The maximum absolute atomic E-state index is 11.6. The number of rotatable bonds is 11. The van der Waals surface area contributed by atoms with E-state index in [-0.39, 0.29) is 19.4 Å². The number of carboxylic acids is 2. The van der Waals surface area contributed by atoms with Crippen molar-refractivity contribution in [1.82, 2.24) is 5.32 Å². The van der Waals surface area contributed by atoms with Crippen molar-refractivity contribution >= 4 is 17.8 Å². The maximum atomic E-state index is 11.6. The fraction of sp³-hybridized carbons (Fsp3) is 0.786. The first-order chi connectivity index (χ1) is 11.1. The normalized spacial score (nSPS) is 10.5. The summed E-state index contributed by atoms with van der Waals surface area (Å²) in [5.41, 5.74) is 5.20. The van der Waals surface area contributed by atoms with E-state index in [1.54, 1.807) is 5.32 Å². The number of nitrogens with one attached hydrogen (secondary N) is 1. The van der Waals surface area contributed by atoms with Crippen LogP contribution in [-0.2, 0) is 14.4 Å². The molecule has 0 spiro atoms. The Morgan fingerprint density at radius 1 is 0.833 bits per heavy atom. The van der Waals surface area contributed by atoms with Gasteiger partial charge in [0.05, 0.1) is 0 Å². The van der Waals surface area contributed by atoms with Crippen LogP contribution in [0.2, 0.25) is 0 Å². The van der Waals surface area contributed by atoms with Crippen molar-refractivity contribution < 1.29 is 37.8 Å². The fourth-order valence-electron chi connectivity index (χ4n) is 1.48. The fourth-order valence-corrected chi connectivity index (χ4v) is 1.48. The summed E-state index contributed by atoms with van der Waals surface area (Å²) < 4.78 is 34.9. The highest BCUT2D eigenvalue weighted by atomic mass is 19.4. The van der Waals surface area contributed by atoms with Gasteiger partial charge in [0.1, 0.15) is 0 Å². The molecule has 0 fully saturated rings. The van der Waals surface area contributed by atoms with Gasteiger partial charge in [-0.3, -0.25) is 14.4 Å². The topological polar surface area (TPSA) is 130 Å². The Morgan fingerprint density at radius 2 is 1.29 bits per heavy atom. The van der Waals surface area contributed by atoms with Crippen molar-refractivity contribution in [3.05, 3.63) is 0 Å². The highest BCUT2D eigenvalue weighted by Gasteiger charge is 2.38. The van der Waals surface area contributed by atoms with Crippen molar-refractivity contribution in [2.45, 2.75) is 57.5 Å². The molecule has 0 aliphatic carbocycles. The highest BCUT2D eigenvalue weighted by Crippen LogP contribution is 2.13. The molecule has 0 rings (SSSR count). The number of hydrogen-bond acceptors (Lipinski definition) is 4. The Kier molecular flexibility index (Phi) is 15.0. The summed E-state index contributed by atoms with van der Waals surface area (Å²) in [4.78, 5) is 30.3. The second-order valence-electron chi connectivity index (χ2n) is 4.95. The molecular formula is C14H25F3N2O5. The second kappa shape index (κ2) is 14.7. The highest BCUT2D eigenvalue weighted by molar-refractivity contribution is 5.81. The van der Waals surface area contributed by atoms with Gasteiger partial charge in [0, 0.05) is 19.4 Å². The number of hydrogen-bond donors (Lipinski definition) is 4. The number of alkyl halides is 3. The Balaban J connectivity index is 0. The molecule has 0 aliphatic heterocycles. The molecule has 0 unspecified atom stereocenters. The van der Waals surface area contributed by atoms with Crippen LogP contribution in [0.1, 0.15) is 51.4 Å². The molecule has 7 nitrogen and oxygen atoms in total. The summed E-state index contributed by atoms with van der Waals surface area (Å²) in [6, 6.07) is 0. The smallest absolute Gasteiger partial charge is 0.471 e. The molecule has 10 heteroatoms. The van der Waals surface area contributed by atoms with E-state index >= 15 is 0 Å². The Hall–Kier alpha value is -1.84. The minimum absolute atomic E-state index is 0.00673. The summed E-state index contributed by atoms with van der Waals surface area (Å²) in [5, 5.41) is 18.1. The van der Waals surface area contributed by atoms with Gasteiger partial charge in [-0.25, -0.2) is 0 Å². The molecule has 0 aromatic rings. The minimum atomic E-state index is -4.85. The van der Waals surface area contributed by atoms with E-state index in [2.05, 4.69) is 0 Å². The molecule has 142 valence electrons. The first kappa shape index (κ1) is 24.4. The van der Waals surface area contributed by atoms with Crippen LogP contribution in [0.15, 0.2) is 0 Å². The maximum Gasteiger partial charge on any atom is 0.471 e. The Labute approximate surface area is 138 Å². The van der Waals surface area contributed by atoms with Gasteiger partial charge in [0.25, 0.3) is 0 Å². The second-order valence-corrected chi connectivity index (χ2v) is 4.95. The van der Waals surface area contributed by atoms with Crippen molar-refractivity contribution in [1.29, 1.82) is 0 Å². The number of aliphatic carboxylic acids is 2. The number of halogens is 3. The molecule has 24 heavy (non-hydrogen) atoms.